The van der Waals surface area contributed by atoms with E-state index in [0.717, 1.165) is 23.2 Å². The lowest BCUT2D eigenvalue weighted by Crippen LogP contribution is -2.37. The topological polar surface area (TPSA) is 62.7 Å². The molecule has 29 heavy (non-hydrogen) atoms. The standard InChI is InChI=1S/C23H27N3O3/c1-15-4-7-21(24-12-15)29-20-8-9-25(14-20)23(28)18-11-22(27)26(13-18)19-6-5-16(2)17(3)10-19/h4-7,10,12,18,20H,8-9,11,13-14H2,1-3H3. The van der Waals surface area contributed by atoms with E-state index in [1.165, 1.54) is 5.56 Å². The summed E-state index contributed by atoms with van der Waals surface area (Å²) in [5.41, 5.74) is 4.30. The number of aryl methyl sites for hydroxylation is 3. The van der Waals surface area contributed by atoms with E-state index < -0.39 is 0 Å². The van der Waals surface area contributed by atoms with Gasteiger partial charge in [-0.05, 0) is 49.6 Å². The van der Waals surface area contributed by atoms with Crippen molar-refractivity contribution in [3.05, 3.63) is 53.2 Å². The van der Waals surface area contributed by atoms with Crippen molar-refractivity contribution in [2.24, 2.45) is 5.92 Å². The van der Waals surface area contributed by atoms with Crippen LogP contribution in [0.2, 0.25) is 0 Å². The Morgan fingerprint density at radius 3 is 2.66 bits per heavy atom. The van der Waals surface area contributed by atoms with Crippen molar-refractivity contribution in [1.29, 1.82) is 0 Å². The van der Waals surface area contributed by atoms with Crippen LogP contribution in [0.4, 0.5) is 5.69 Å². The van der Waals surface area contributed by atoms with Gasteiger partial charge in [-0.1, -0.05) is 12.1 Å². The normalized spacial score (nSPS) is 21.7. The number of hydrogen-bond donors (Lipinski definition) is 0. The summed E-state index contributed by atoms with van der Waals surface area (Å²) >= 11 is 0. The molecule has 4 rings (SSSR count). The number of ether oxygens (including phenoxy) is 1. The fourth-order valence-electron chi connectivity index (χ4n) is 3.99. The van der Waals surface area contributed by atoms with Crippen molar-refractivity contribution in [2.75, 3.05) is 24.5 Å². The van der Waals surface area contributed by atoms with Gasteiger partial charge < -0.3 is 14.5 Å². The molecule has 2 unspecified atom stereocenters. The quantitative estimate of drug-likeness (QED) is 0.801. The van der Waals surface area contributed by atoms with E-state index >= 15 is 0 Å². The summed E-state index contributed by atoms with van der Waals surface area (Å²) in [6.45, 7) is 7.72. The van der Waals surface area contributed by atoms with Crippen molar-refractivity contribution in [1.82, 2.24) is 9.88 Å². The van der Waals surface area contributed by atoms with Gasteiger partial charge in [-0.15, -0.1) is 0 Å². The molecule has 2 fully saturated rings. The molecule has 0 N–H and O–H groups in total. The molecule has 2 aliphatic heterocycles. The number of likely N-dealkylation sites (tertiary alicyclic amines) is 1. The zero-order chi connectivity index (χ0) is 20.5. The van der Waals surface area contributed by atoms with Crippen LogP contribution in [0.5, 0.6) is 5.88 Å². The van der Waals surface area contributed by atoms with Crippen LogP contribution in [0.1, 0.15) is 29.5 Å². The Morgan fingerprint density at radius 1 is 1.10 bits per heavy atom. The van der Waals surface area contributed by atoms with Gasteiger partial charge in [0.05, 0.1) is 12.5 Å². The molecule has 1 aromatic heterocycles. The van der Waals surface area contributed by atoms with Gasteiger partial charge in [-0.25, -0.2) is 4.98 Å². The Morgan fingerprint density at radius 2 is 1.93 bits per heavy atom. The molecule has 1 aromatic carbocycles. The smallest absolute Gasteiger partial charge is 0.228 e. The zero-order valence-electron chi connectivity index (χ0n) is 17.2. The average molecular weight is 393 g/mol. The Kier molecular flexibility index (Phi) is 5.26. The molecule has 2 atom stereocenters. The van der Waals surface area contributed by atoms with E-state index in [4.69, 9.17) is 4.74 Å². The second kappa shape index (κ2) is 7.85. The van der Waals surface area contributed by atoms with Crippen LogP contribution < -0.4 is 9.64 Å². The molecule has 0 radical (unpaired) electrons. The predicted octanol–water partition coefficient (Wildman–Crippen LogP) is 3.04. The number of carbonyl (C=O) groups excluding carboxylic acids is 2. The maximum atomic E-state index is 13.0. The third kappa shape index (κ3) is 4.11. The molecule has 0 spiro atoms. The molecule has 152 valence electrons. The zero-order valence-corrected chi connectivity index (χ0v) is 17.2. The number of nitrogens with zero attached hydrogens (tertiary/aromatic N) is 3. The van der Waals surface area contributed by atoms with Gasteiger partial charge in [0, 0.05) is 43.9 Å². The number of anilines is 1. The van der Waals surface area contributed by atoms with Crippen LogP contribution >= 0.6 is 0 Å². The Bertz CT molecular complexity index is 925. The molecular weight excluding hydrogens is 366 g/mol. The van der Waals surface area contributed by atoms with Crippen LogP contribution in [0, 0.1) is 26.7 Å². The fourth-order valence-corrected chi connectivity index (χ4v) is 3.99. The average Bonchev–Trinajstić information content (AvgIpc) is 3.32. The lowest BCUT2D eigenvalue weighted by molar-refractivity contribution is -0.135. The van der Waals surface area contributed by atoms with Crippen molar-refractivity contribution in [3.63, 3.8) is 0 Å². The summed E-state index contributed by atoms with van der Waals surface area (Å²) in [4.78, 5) is 33.4. The highest BCUT2D eigenvalue weighted by atomic mass is 16.5. The highest BCUT2D eigenvalue weighted by Gasteiger charge is 2.39. The minimum absolute atomic E-state index is 0.0162. The van der Waals surface area contributed by atoms with Gasteiger partial charge >= 0.3 is 0 Å². The van der Waals surface area contributed by atoms with Crippen molar-refractivity contribution < 1.29 is 14.3 Å². The third-order valence-corrected chi connectivity index (χ3v) is 5.90. The first kappa shape index (κ1) is 19.4. The summed E-state index contributed by atoms with van der Waals surface area (Å²) in [5.74, 6) is 0.363. The summed E-state index contributed by atoms with van der Waals surface area (Å²) in [6.07, 6.45) is 2.77. The van der Waals surface area contributed by atoms with Gasteiger partial charge in [0.2, 0.25) is 17.7 Å². The molecular formula is C23H27N3O3. The number of hydrogen-bond acceptors (Lipinski definition) is 4. The minimum atomic E-state index is -0.291. The van der Waals surface area contributed by atoms with E-state index in [2.05, 4.69) is 11.9 Å². The molecule has 6 heteroatoms. The fraction of sp³-hybridized carbons (Fsp3) is 0.435. The minimum Gasteiger partial charge on any atom is -0.472 e. The van der Waals surface area contributed by atoms with Crippen LogP contribution in [0.3, 0.4) is 0 Å². The summed E-state index contributed by atoms with van der Waals surface area (Å²) in [5, 5.41) is 0. The summed E-state index contributed by atoms with van der Waals surface area (Å²) < 4.78 is 5.93. The highest BCUT2D eigenvalue weighted by molar-refractivity contribution is 6.00. The van der Waals surface area contributed by atoms with Crippen molar-refractivity contribution in [2.45, 2.75) is 39.7 Å². The molecule has 2 amide bonds. The maximum Gasteiger partial charge on any atom is 0.228 e. The van der Waals surface area contributed by atoms with E-state index in [9.17, 15) is 9.59 Å². The third-order valence-electron chi connectivity index (χ3n) is 5.90. The number of pyridine rings is 1. The summed E-state index contributed by atoms with van der Waals surface area (Å²) in [7, 11) is 0. The van der Waals surface area contributed by atoms with Gasteiger partial charge in [-0.3, -0.25) is 9.59 Å². The second-order valence-electron chi connectivity index (χ2n) is 8.16. The molecule has 6 nitrogen and oxygen atoms in total. The SMILES string of the molecule is Cc1ccc(OC2CCN(C(=O)C3CC(=O)N(c4ccc(C)c(C)c4)C3)C2)nc1. The van der Waals surface area contributed by atoms with Crippen molar-refractivity contribution >= 4 is 17.5 Å². The van der Waals surface area contributed by atoms with Gasteiger partial charge in [0.15, 0.2) is 0 Å². The van der Waals surface area contributed by atoms with Crippen molar-refractivity contribution in [3.8, 4) is 5.88 Å². The van der Waals surface area contributed by atoms with Gasteiger partial charge in [0.1, 0.15) is 6.10 Å². The van der Waals surface area contributed by atoms with E-state index in [1.807, 2.05) is 49.1 Å². The van der Waals surface area contributed by atoms with Crippen LogP contribution in [0.25, 0.3) is 0 Å². The number of aromatic nitrogens is 1. The maximum absolute atomic E-state index is 13.0. The first-order valence-electron chi connectivity index (χ1n) is 10.2. The van der Waals surface area contributed by atoms with E-state index in [0.29, 0.717) is 25.5 Å². The molecule has 2 saturated heterocycles. The number of rotatable bonds is 4. The first-order chi connectivity index (χ1) is 13.9. The number of carbonyl (C=O) groups is 2. The molecule has 3 heterocycles. The molecule has 0 saturated carbocycles. The molecule has 0 aliphatic carbocycles. The lowest BCUT2D eigenvalue weighted by Gasteiger charge is -2.21. The monoisotopic (exact) mass is 393 g/mol. The van der Waals surface area contributed by atoms with Gasteiger partial charge in [-0.2, -0.15) is 0 Å². The second-order valence-corrected chi connectivity index (χ2v) is 8.16. The highest BCUT2D eigenvalue weighted by Crippen LogP contribution is 2.29. The Labute approximate surface area is 171 Å². The summed E-state index contributed by atoms with van der Waals surface area (Å²) in [6, 6.07) is 9.83. The largest absolute Gasteiger partial charge is 0.472 e. The molecule has 2 aliphatic rings. The van der Waals surface area contributed by atoms with Gasteiger partial charge in [0.25, 0.3) is 0 Å². The van der Waals surface area contributed by atoms with E-state index in [1.54, 1.807) is 11.1 Å². The first-order valence-corrected chi connectivity index (χ1v) is 10.2. The molecule has 0 bridgehead atoms. The van der Waals surface area contributed by atoms with E-state index in [-0.39, 0.29) is 30.3 Å². The lowest BCUT2D eigenvalue weighted by atomic mass is 10.1. The van der Waals surface area contributed by atoms with Crippen LogP contribution in [0.15, 0.2) is 36.5 Å². The Balaban J connectivity index is 1.37. The number of benzene rings is 1. The molecule has 2 aromatic rings. The predicted molar refractivity (Wildman–Crippen MR) is 111 cm³/mol. The Hall–Kier alpha value is -2.89. The van der Waals surface area contributed by atoms with Crippen LogP contribution in [-0.2, 0) is 9.59 Å². The van der Waals surface area contributed by atoms with Crippen LogP contribution in [-0.4, -0.2) is 47.4 Å². The number of amides is 2.